The number of amides is 1. The molecule has 2 aliphatic rings. The van der Waals surface area contributed by atoms with Crippen LogP contribution in [-0.2, 0) is 14.8 Å². The van der Waals surface area contributed by atoms with E-state index in [1.54, 1.807) is 22.5 Å². The summed E-state index contributed by atoms with van der Waals surface area (Å²) in [5, 5.41) is 3.89. The Bertz CT molecular complexity index is 1350. The highest BCUT2D eigenvalue weighted by molar-refractivity contribution is 7.89. The normalized spacial score (nSPS) is 19.3. The third-order valence-electron chi connectivity index (χ3n) is 6.95. The summed E-state index contributed by atoms with van der Waals surface area (Å²) in [6, 6.07) is 15.1. The van der Waals surface area contributed by atoms with Gasteiger partial charge in [-0.05, 0) is 93.1 Å². The Labute approximate surface area is 207 Å². The van der Waals surface area contributed by atoms with E-state index in [9.17, 15) is 13.2 Å². The van der Waals surface area contributed by atoms with Crippen LogP contribution in [0.2, 0.25) is 0 Å². The van der Waals surface area contributed by atoms with Crippen LogP contribution in [0, 0.1) is 19.8 Å². The molecule has 2 aliphatic heterocycles. The average molecular weight is 493 g/mol. The van der Waals surface area contributed by atoms with Crippen molar-refractivity contribution < 1.29 is 13.2 Å². The molecule has 1 aromatic heterocycles. The highest BCUT2D eigenvalue weighted by Gasteiger charge is 2.28. The fraction of sp³-hybridized carbons (Fsp3) is 0.407. The molecular weight excluding hydrogens is 460 g/mol. The Morgan fingerprint density at radius 1 is 0.943 bits per heavy atom. The number of fused-ring (bicyclic) bond motifs is 1. The number of benzene rings is 2. The standard InChI is InChI=1S/C27H32N4O3S/c1-19-14-20(2)16-23(15-19)28-27(32)22-6-5-11-30(18-22)26-10-7-21-17-24(8-9-25(21)29-26)35(33,34)31-12-3-4-13-31/h7-10,14-17,22H,3-6,11-13,18H2,1-2H3,(H,28,32). The van der Waals surface area contributed by atoms with E-state index < -0.39 is 10.0 Å². The van der Waals surface area contributed by atoms with Gasteiger partial charge in [-0.25, -0.2) is 13.4 Å². The summed E-state index contributed by atoms with van der Waals surface area (Å²) in [6.45, 7) is 6.68. The number of sulfonamides is 1. The molecule has 1 amide bonds. The lowest BCUT2D eigenvalue weighted by atomic mass is 9.96. The largest absolute Gasteiger partial charge is 0.356 e. The number of nitrogens with one attached hydrogen (secondary N) is 1. The van der Waals surface area contributed by atoms with Crippen molar-refractivity contribution in [3.05, 3.63) is 59.7 Å². The molecule has 0 spiro atoms. The number of pyridine rings is 1. The van der Waals surface area contributed by atoms with Crippen LogP contribution in [0.4, 0.5) is 11.5 Å². The molecule has 0 radical (unpaired) electrons. The van der Waals surface area contributed by atoms with Crippen LogP contribution in [0.1, 0.15) is 36.8 Å². The van der Waals surface area contributed by atoms with Crippen molar-refractivity contribution in [2.24, 2.45) is 5.92 Å². The molecule has 8 heteroatoms. The van der Waals surface area contributed by atoms with E-state index in [-0.39, 0.29) is 11.8 Å². The Morgan fingerprint density at radius 2 is 1.69 bits per heavy atom. The van der Waals surface area contributed by atoms with Gasteiger partial charge in [0.05, 0.1) is 16.3 Å². The van der Waals surface area contributed by atoms with Crippen molar-refractivity contribution >= 4 is 38.3 Å². The van der Waals surface area contributed by atoms with Crippen LogP contribution in [0.5, 0.6) is 0 Å². The molecule has 0 bridgehead atoms. The van der Waals surface area contributed by atoms with Crippen molar-refractivity contribution in [2.45, 2.75) is 44.4 Å². The van der Waals surface area contributed by atoms with Gasteiger partial charge in [-0.3, -0.25) is 4.79 Å². The monoisotopic (exact) mass is 492 g/mol. The summed E-state index contributed by atoms with van der Waals surface area (Å²) >= 11 is 0. The number of carbonyl (C=O) groups excluding carboxylic acids is 1. The second-order valence-electron chi connectivity index (χ2n) is 9.79. The number of aryl methyl sites for hydroxylation is 2. The summed E-state index contributed by atoms with van der Waals surface area (Å²) in [6.07, 6.45) is 3.59. The average Bonchev–Trinajstić information content (AvgIpc) is 3.39. The zero-order valence-electron chi connectivity index (χ0n) is 20.3. The molecule has 7 nitrogen and oxygen atoms in total. The molecule has 2 aromatic carbocycles. The third kappa shape index (κ3) is 5.04. The minimum Gasteiger partial charge on any atom is -0.356 e. The van der Waals surface area contributed by atoms with E-state index in [4.69, 9.17) is 4.98 Å². The molecule has 35 heavy (non-hydrogen) atoms. The lowest BCUT2D eigenvalue weighted by Gasteiger charge is -2.33. The smallest absolute Gasteiger partial charge is 0.243 e. The molecule has 3 aromatic rings. The summed E-state index contributed by atoms with van der Waals surface area (Å²) in [5.41, 5.74) is 3.85. The Morgan fingerprint density at radius 3 is 2.43 bits per heavy atom. The number of nitrogens with zero attached hydrogens (tertiary/aromatic N) is 3. The van der Waals surface area contributed by atoms with E-state index >= 15 is 0 Å². The molecular formula is C27H32N4O3S. The van der Waals surface area contributed by atoms with E-state index in [1.807, 2.05) is 38.1 Å². The van der Waals surface area contributed by atoms with Crippen molar-refractivity contribution in [1.29, 1.82) is 0 Å². The summed E-state index contributed by atoms with van der Waals surface area (Å²) < 4.78 is 27.4. The molecule has 184 valence electrons. The van der Waals surface area contributed by atoms with Gasteiger partial charge in [0.2, 0.25) is 15.9 Å². The number of hydrogen-bond acceptors (Lipinski definition) is 5. The first-order chi connectivity index (χ1) is 16.8. The van der Waals surface area contributed by atoms with Crippen LogP contribution < -0.4 is 10.2 Å². The predicted molar refractivity (Wildman–Crippen MR) is 139 cm³/mol. The van der Waals surface area contributed by atoms with E-state index in [2.05, 4.69) is 16.3 Å². The van der Waals surface area contributed by atoms with Crippen LogP contribution >= 0.6 is 0 Å². The lowest BCUT2D eigenvalue weighted by Crippen LogP contribution is -2.41. The maximum Gasteiger partial charge on any atom is 0.243 e. The maximum atomic E-state index is 13.0. The summed E-state index contributed by atoms with van der Waals surface area (Å²) in [7, 11) is -3.46. The Hall–Kier alpha value is -2.97. The van der Waals surface area contributed by atoms with Crippen molar-refractivity contribution in [3.63, 3.8) is 0 Å². The summed E-state index contributed by atoms with van der Waals surface area (Å²) in [5.74, 6) is 0.740. The molecule has 2 fully saturated rings. The van der Waals surface area contributed by atoms with E-state index in [1.165, 1.54) is 0 Å². The number of carbonyl (C=O) groups is 1. The second kappa shape index (κ2) is 9.59. The van der Waals surface area contributed by atoms with E-state index in [0.717, 1.165) is 65.8 Å². The molecule has 1 N–H and O–H groups in total. The molecule has 3 heterocycles. The van der Waals surface area contributed by atoms with Gasteiger partial charge in [-0.2, -0.15) is 4.31 Å². The second-order valence-corrected chi connectivity index (χ2v) is 11.7. The van der Waals surface area contributed by atoms with Gasteiger partial charge < -0.3 is 10.2 Å². The maximum absolute atomic E-state index is 13.0. The third-order valence-corrected chi connectivity index (χ3v) is 8.85. The van der Waals surface area contributed by atoms with Gasteiger partial charge in [0.1, 0.15) is 5.82 Å². The number of rotatable bonds is 5. The van der Waals surface area contributed by atoms with Gasteiger partial charge >= 0.3 is 0 Å². The highest BCUT2D eigenvalue weighted by Crippen LogP contribution is 2.28. The first-order valence-corrected chi connectivity index (χ1v) is 13.8. The molecule has 5 rings (SSSR count). The van der Waals surface area contributed by atoms with Crippen LogP contribution in [0.15, 0.2) is 53.4 Å². The molecule has 1 atom stereocenters. The first kappa shape index (κ1) is 23.8. The van der Waals surface area contributed by atoms with Gasteiger partial charge in [-0.1, -0.05) is 6.07 Å². The highest BCUT2D eigenvalue weighted by atomic mass is 32.2. The Kier molecular flexibility index (Phi) is 6.51. The topological polar surface area (TPSA) is 82.6 Å². The van der Waals surface area contributed by atoms with E-state index in [0.29, 0.717) is 24.5 Å². The van der Waals surface area contributed by atoms with Crippen LogP contribution in [-0.4, -0.2) is 49.8 Å². The number of aromatic nitrogens is 1. The fourth-order valence-electron chi connectivity index (χ4n) is 5.20. The minimum absolute atomic E-state index is 0.0391. The van der Waals surface area contributed by atoms with Crippen LogP contribution in [0.3, 0.4) is 0 Å². The fourth-order valence-corrected chi connectivity index (χ4v) is 6.75. The van der Waals surface area contributed by atoms with Crippen LogP contribution in [0.25, 0.3) is 10.9 Å². The SMILES string of the molecule is Cc1cc(C)cc(NC(=O)C2CCCN(c3ccc4cc(S(=O)(=O)N5CCCC5)ccc4n3)C2)c1. The molecule has 0 saturated carbocycles. The number of hydrogen-bond donors (Lipinski definition) is 1. The van der Waals surface area contributed by atoms with Crippen molar-refractivity contribution in [3.8, 4) is 0 Å². The zero-order valence-corrected chi connectivity index (χ0v) is 21.1. The number of anilines is 2. The zero-order chi connectivity index (χ0) is 24.6. The van der Waals surface area contributed by atoms with Gasteiger partial charge in [-0.15, -0.1) is 0 Å². The first-order valence-electron chi connectivity index (χ1n) is 12.3. The minimum atomic E-state index is -3.46. The van der Waals surface area contributed by atoms with Gasteiger partial charge in [0.25, 0.3) is 0 Å². The number of piperidine rings is 1. The van der Waals surface area contributed by atoms with Crippen molar-refractivity contribution in [2.75, 3.05) is 36.4 Å². The molecule has 1 unspecified atom stereocenters. The Balaban J connectivity index is 1.31. The lowest BCUT2D eigenvalue weighted by molar-refractivity contribution is -0.120. The molecule has 2 saturated heterocycles. The van der Waals surface area contributed by atoms with Gasteiger partial charge in [0.15, 0.2) is 0 Å². The van der Waals surface area contributed by atoms with Crippen molar-refractivity contribution in [1.82, 2.24) is 9.29 Å². The quantitative estimate of drug-likeness (QED) is 0.567. The molecule has 0 aliphatic carbocycles. The van der Waals surface area contributed by atoms with Gasteiger partial charge in [0, 0.05) is 37.3 Å². The predicted octanol–water partition coefficient (Wildman–Crippen LogP) is 4.49. The summed E-state index contributed by atoms with van der Waals surface area (Å²) in [4.78, 5) is 20.3.